The summed E-state index contributed by atoms with van der Waals surface area (Å²) in [4.78, 5) is 17.0. The minimum Gasteiger partial charge on any atom is -0.293 e. The van der Waals surface area contributed by atoms with Crippen LogP contribution in [0.25, 0.3) is 10.6 Å². The highest BCUT2D eigenvalue weighted by molar-refractivity contribution is 9.10. The van der Waals surface area contributed by atoms with Gasteiger partial charge in [0.25, 0.3) is 0 Å². The Morgan fingerprint density at radius 3 is 2.94 bits per heavy atom. The minimum absolute atomic E-state index is 0.160. The lowest BCUT2D eigenvalue weighted by Crippen LogP contribution is -2.07. The molecular weight excluding hydrogens is 317 g/mol. The average Bonchev–Trinajstić information content (AvgIpc) is 2.77. The molecule has 0 saturated carbocycles. The van der Waals surface area contributed by atoms with E-state index in [1.54, 1.807) is 6.07 Å². The molecule has 0 aliphatic heterocycles. The van der Waals surface area contributed by atoms with Crippen molar-refractivity contribution in [1.82, 2.24) is 4.98 Å². The van der Waals surface area contributed by atoms with Gasteiger partial charge in [0.2, 0.25) is 0 Å². The van der Waals surface area contributed by atoms with Crippen LogP contribution < -0.4 is 0 Å². The summed E-state index contributed by atoms with van der Waals surface area (Å²) in [6.45, 7) is 0. The van der Waals surface area contributed by atoms with Gasteiger partial charge in [-0.2, -0.15) is 0 Å². The zero-order valence-electron chi connectivity index (χ0n) is 9.37. The van der Waals surface area contributed by atoms with E-state index in [1.807, 2.05) is 0 Å². The van der Waals surface area contributed by atoms with Crippen LogP contribution in [0.2, 0.25) is 0 Å². The second kappa shape index (κ2) is 4.55. The van der Waals surface area contributed by atoms with Gasteiger partial charge in [-0.15, -0.1) is 11.3 Å². The Kier molecular flexibility index (Phi) is 3.03. The predicted molar refractivity (Wildman–Crippen MR) is 72.5 cm³/mol. The molecule has 92 valence electrons. The lowest BCUT2D eigenvalue weighted by Gasteiger charge is -2.06. The normalized spacial score (nSPS) is 14.7. The zero-order valence-corrected chi connectivity index (χ0v) is 11.8. The second-order valence-corrected chi connectivity index (χ2v) is 6.05. The molecule has 0 unspecified atom stereocenters. The minimum atomic E-state index is -0.298. The monoisotopic (exact) mass is 325 g/mol. The maximum Gasteiger partial charge on any atom is 0.174 e. The molecule has 3 rings (SSSR count). The fourth-order valence-electron chi connectivity index (χ4n) is 2.05. The summed E-state index contributed by atoms with van der Waals surface area (Å²) in [7, 11) is 0. The molecule has 0 N–H and O–H groups in total. The summed E-state index contributed by atoms with van der Waals surface area (Å²) >= 11 is 4.75. The summed E-state index contributed by atoms with van der Waals surface area (Å²) < 4.78 is 14.1. The van der Waals surface area contributed by atoms with Crippen LogP contribution in [0.5, 0.6) is 0 Å². The van der Waals surface area contributed by atoms with E-state index in [0.717, 1.165) is 27.9 Å². The fourth-order valence-corrected chi connectivity index (χ4v) is 3.72. The van der Waals surface area contributed by atoms with Crippen molar-refractivity contribution in [2.24, 2.45) is 0 Å². The molecule has 0 bridgehead atoms. The standard InChI is InChI=1S/C13H9BrFNOS/c14-9-5-4-7(15)6-8(9)13-16-10-2-1-3-11(17)12(10)18-13/h4-6H,1-3H2. The molecule has 1 aromatic heterocycles. The maximum absolute atomic E-state index is 13.3. The number of aryl methyl sites for hydroxylation is 1. The van der Waals surface area contributed by atoms with Gasteiger partial charge in [-0.25, -0.2) is 9.37 Å². The number of fused-ring (bicyclic) bond motifs is 1. The van der Waals surface area contributed by atoms with E-state index >= 15 is 0 Å². The van der Waals surface area contributed by atoms with Gasteiger partial charge in [-0.1, -0.05) is 15.9 Å². The Hall–Kier alpha value is -1.07. The van der Waals surface area contributed by atoms with Crippen molar-refractivity contribution in [2.45, 2.75) is 19.3 Å². The number of carbonyl (C=O) groups excluding carboxylic acids is 1. The second-order valence-electron chi connectivity index (χ2n) is 4.20. The van der Waals surface area contributed by atoms with Crippen molar-refractivity contribution < 1.29 is 9.18 Å². The molecule has 0 saturated heterocycles. The third-order valence-corrected chi connectivity index (χ3v) is 4.79. The lowest BCUT2D eigenvalue weighted by molar-refractivity contribution is 0.0976. The van der Waals surface area contributed by atoms with Crippen LogP contribution in [-0.4, -0.2) is 10.8 Å². The number of thiazole rings is 1. The van der Waals surface area contributed by atoms with Crippen molar-refractivity contribution in [3.8, 4) is 10.6 Å². The quantitative estimate of drug-likeness (QED) is 0.785. The molecule has 18 heavy (non-hydrogen) atoms. The van der Waals surface area contributed by atoms with E-state index in [4.69, 9.17) is 0 Å². The molecule has 0 spiro atoms. The number of aromatic nitrogens is 1. The van der Waals surface area contributed by atoms with Crippen LogP contribution >= 0.6 is 27.3 Å². The molecule has 2 nitrogen and oxygen atoms in total. The largest absolute Gasteiger partial charge is 0.293 e. The van der Waals surface area contributed by atoms with Gasteiger partial charge < -0.3 is 0 Å². The van der Waals surface area contributed by atoms with Crippen LogP contribution in [-0.2, 0) is 6.42 Å². The molecule has 0 fully saturated rings. The van der Waals surface area contributed by atoms with Crippen LogP contribution in [0.1, 0.15) is 28.2 Å². The SMILES string of the molecule is O=C1CCCc2nc(-c3cc(F)ccc3Br)sc21. The molecule has 1 aliphatic rings. The van der Waals surface area contributed by atoms with Gasteiger partial charge in [0.05, 0.1) is 10.6 Å². The summed E-state index contributed by atoms with van der Waals surface area (Å²) in [5, 5.41) is 0.710. The van der Waals surface area contributed by atoms with Crippen LogP contribution in [0.3, 0.4) is 0 Å². The predicted octanol–water partition coefficient (Wildman–Crippen LogP) is 4.23. The molecule has 0 radical (unpaired) electrons. The molecular formula is C13H9BrFNOS. The first-order valence-corrected chi connectivity index (χ1v) is 7.24. The first-order valence-electron chi connectivity index (χ1n) is 5.63. The Bertz CT molecular complexity index is 638. The Labute approximate surface area is 116 Å². The number of Topliss-reactive ketones (excluding diaryl/α,β-unsaturated/α-hetero) is 1. The van der Waals surface area contributed by atoms with Gasteiger partial charge in [0.15, 0.2) is 5.78 Å². The third-order valence-electron chi connectivity index (χ3n) is 2.93. The van der Waals surface area contributed by atoms with Crippen LogP contribution in [0, 0.1) is 5.82 Å². The number of carbonyl (C=O) groups is 1. The van der Waals surface area contributed by atoms with Crippen molar-refractivity contribution in [3.05, 3.63) is 39.1 Å². The molecule has 5 heteroatoms. The fraction of sp³-hybridized carbons (Fsp3) is 0.231. The highest BCUT2D eigenvalue weighted by Gasteiger charge is 2.23. The molecule has 0 atom stereocenters. The summed E-state index contributed by atoms with van der Waals surface area (Å²) in [5.74, 6) is -0.139. The van der Waals surface area contributed by atoms with Gasteiger partial charge >= 0.3 is 0 Å². The lowest BCUT2D eigenvalue weighted by atomic mass is 10.0. The van der Waals surface area contributed by atoms with E-state index in [1.165, 1.54) is 23.5 Å². The summed E-state index contributed by atoms with van der Waals surface area (Å²) in [5.41, 5.74) is 1.57. The smallest absolute Gasteiger partial charge is 0.174 e. The molecule has 1 aliphatic carbocycles. The topological polar surface area (TPSA) is 30.0 Å². The highest BCUT2D eigenvalue weighted by atomic mass is 79.9. The van der Waals surface area contributed by atoms with Crippen molar-refractivity contribution in [1.29, 1.82) is 0 Å². The number of rotatable bonds is 1. The number of ketones is 1. The van der Waals surface area contributed by atoms with Crippen molar-refractivity contribution in [2.75, 3.05) is 0 Å². The molecule has 0 amide bonds. The number of nitrogens with zero attached hydrogens (tertiary/aromatic N) is 1. The van der Waals surface area contributed by atoms with E-state index in [9.17, 15) is 9.18 Å². The molecule has 2 aromatic rings. The number of benzene rings is 1. The van der Waals surface area contributed by atoms with E-state index in [-0.39, 0.29) is 11.6 Å². The summed E-state index contributed by atoms with van der Waals surface area (Å²) in [6.07, 6.45) is 2.29. The van der Waals surface area contributed by atoms with Gasteiger partial charge in [0.1, 0.15) is 10.8 Å². The van der Waals surface area contributed by atoms with Crippen LogP contribution in [0.15, 0.2) is 22.7 Å². The van der Waals surface area contributed by atoms with Crippen molar-refractivity contribution in [3.63, 3.8) is 0 Å². The Balaban J connectivity index is 2.13. The van der Waals surface area contributed by atoms with Crippen molar-refractivity contribution >= 4 is 33.0 Å². The van der Waals surface area contributed by atoms with Gasteiger partial charge in [-0.05, 0) is 31.0 Å². The van der Waals surface area contributed by atoms with Crippen LogP contribution in [0.4, 0.5) is 4.39 Å². The van der Waals surface area contributed by atoms with E-state index in [2.05, 4.69) is 20.9 Å². The Morgan fingerprint density at radius 1 is 1.33 bits per heavy atom. The maximum atomic E-state index is 13.3. The Morgan fingerprint density at radius 2 is 2.17 bits per heavy atom. The highest BCUT2D eigenvalue weighted by Crippen LogP contribution is 2.36. The third kappa shape index (κ3) is 2.01. The average molecular weight is 326 g/mol. The molecule has 1 aromatic carbocycles. The first-order chi connectivity index (χ1) is 8.65. The number of hydrogen-bond donors (Lipinski definition) is 0. The molecule has 1 heterocycles. The first kappa shape index (κ1) is 12.0. The van der Waals surface area contributed by atoms with Gasteiger partial charge in [-0.3, -0.25) is 4.79 Å². The number of halogens is 2. The zero-order chi connectivity index (χ0) is 12.7. The van der Waals surface area contributed by atoms with E-state index < -0.39 is 0 Å². The number of hydrogen-bond acceptors (Lipinski definition) is 3. The van der Waals surface area contributed by atoms with E-state index in [0.29, 0.717) is 17.0 Å². The summed E-state index contributed by atoms with van der Waals surface area (Å²) in [6, 6.07) is 4.50. The van der Waals surface area contributed by atoms with Gasteiger partial charge in [0, 0.05) is 16.5 Å².